The highest BCUT2D eigenvalue weighted by Crippen LogP contribution is 2.25. The van der Waals surface area contributed by atoms with E-state index in [2.05, 4.69) is 38.0 Å². The molecule has 3 nitrogen and oxygen atoms in total. The molecule has 11 heavy (non-hydrogen) atoms. The van der Waals surface area contributed by atoms with Gasteiger partial charge in [0.25, 0.3) is 0 Å². The van der Waals surface area contributed by atoms with E-state index in [1.807, 2.05) is 0 Å². The summed E-state index contributed by atoms with van der Waals surface area (Å²) >= 11 is 0. The van der Waals surface area contributed by atoms with Gasteiger partial charge in [-0.25, -0.2) is 10.0 Å². The minimum Gasteiger partial charge on any atom is -0.352 e. The lowest BCUT2D eigenvalue weighted by Gasteiger charge is -2.26. The molecule has 0 N–H and O–H groups in total. The van der Waals surface area contributed by atoms with E-state index in [1.165, 1.54) is 6.42 Å². The van der Waals surface area contributed by atoms with Gasteiger partial charge in [-0.05, 0) is 13.3 Å². The molecular weight excluding hydrogens is 140 g/mol. The number of hydrogen-bond acceptors (Lipinski definition) is 3. The maximum Gasteiger partial charge on any atom is 0.149 e. The van der Waals surface area contributed by atoms with E-state index >= 15 is 0 Å². The first-order valence-electron chi connectivity index (χ1n) is 4.26. The molecule has 2 atom stereocenters. The van der Waals surface area contributed by atoms with E-state index in [-0.39, 0.29) is 0 Å². The van der Waals surface area contributed by atoms with Crippen LogP contribution in [0.15, 0.2) is 0 Å². The fourth-order valence-corrected chi connectivity index (χ4v) is 1.27. The second kappa shape index (κ2) is 3.52. The molecule has 66 valence electrons. The summed E-state index contributed by atoms with van der Waals surface area (Å²) in [7, 11) is 4.12. The zero-order chi connectivity index (χ0) is 8.43. The molecule has 3 heteroatoms. The molecule has 1 rings (SSSR count). The lowest BCUT2D eigenvalue weighted by molar-refractivity contribution is -0.0181. The third kappa shape index (κ3) is 2.15. The van der Waals surface area contributed by atoms with Crippen LogP contribution in [0.2, 0.25) is 0 Å². The Kier molecular flexibility index (Phi) is 2.87. The van der Waals surface area contributed by atoms with Gasteiger partial charge in [0, 0.05) is 20.6 Å². The molecule has 1 fully saturated rings. The monoisotopic (exact) mass is 158 g/mol. The first kappa shape index (κ1) is 8.97. The molecule has 0 aromatic carbocycles. The molecule has 0 radical (unpaired) electrons. The highest BCUT2D eigenvalue weighted by molar-refractivity contribution is 4.78. The van der Waals surface area contributed by atoms with Gasteiger partial charge in [-0.1, -0.05) is 6.92 Å². The van der Waals surface area contributed by atoms with Gasteiger partial charge in [0.1, 0.15) is 6.23 Å². The number of hydrazine groups is 1. The van der Waals surface area contributed by atoms with Crippen molar-refractivity contribution in [3.8, 4) is 0 Å². The largest absolute Gasteiger partial charge is 0.352 e. The van der Waals surface area contributed by atoms with Gasteiger partial charge in [-0.15, -0.1) is 0 Å². The molecule has 0 aromatic heterocycles. The molecule has 0 amide bonds. The number of rotatable bonds is 4. The standard InChI is InChI=1S/C8H18N2O/c1-5-6-10(9(3)4)8-7(2)11-8/h7-8H,5-6H2,1-4H3. The van der Waals surface area contributed by atoms with Crippen molar-refractivity contribution in [2.75, 3.05) is 20.6 Å². The van der Waals surface area contributed by atoms with Gasteiger partial charge < -0.3 is 4.74 Å². The van der Waals surface area contributed by atoms with E-state index in [9.17, 15) is 0 Å². The summed E-state index contributed by atoms with van der Waals surface area (Å²) in [4.78, 5) is 0. The van der Waals surface area contributed by atoms with Crippen molar-refractivity contribution in [3.63, 3.8) is 0 Å². The highest BCUT2D eigenvalue weighted by Gasteiger charge is 2.40. The van der Waals surface area contributed by atoms with Crippen molar-refractivity contribution in [1.82, 2.24) is 10.0 Å². The molecule has 0 spiro atoms. The number of ether oxygens (including phenoxy) is 1. The summed E-state index contributed by atoms with van der Waals surface area (Å²) < 4.78 is 5.38. The van der Waals surface area contributed by atoms with E-state index in [0.717, 1.165) is 6.54 Å². The Bertz CT molecular complexity index is 127. The van der Waals surface area contributed by atoms with Crippen LogP contribution in [0.1, 0.15) is 20.3 Å². The van der Waals surface area contributed by atoms with Crippen LogP contribution in [0.3, 0.4) is 0 Å². The zero-order valence-corrected chi connectivity index (χ0v) is 7.87. The van der Waals surface area contributed by atoms with Gasteiger partial charge in [0.15, 0.2) is 0 Å². The summed E-state index contributed by atoms with van der Waals surface area (Å²) in [5.74, 6) is 0. The Labute approximate surface area is 68.9 Å². The maximum atomic E-state index is 5.38. The van der Waals surface area contributed by atoms with Gasteiger partial charge in [-0.3, -0.25) is 0 Å². The van der Waals surface area contributed by atoms with Crippen LogP contribution in [0.4, 0.5) is 0 Å². The normalized spacial score (nSPS) is 30.0. The number of epoxide rings is 1. The van der Waals surface area contributed by atoms with E-state index < -0.39 is 0 Å². The molecule has 1 saturated heterocycles. The average Bonchev–Trinajstić information content (AvgIpc) is 2.61. The Balaban J connectivity index is 2.34. The molecule has 0 bridgehead atoms. The van der Waals surface area contributed by atoms with Crippen molar-refractivity contribution < 1.29 is 4.74 Å². The third-order valence-corrected chi connectivity index (χ3v) is 1.94. The Morgan fingerprint density at radius 1 is 1.36 bits per heavy atom. The molecule has 1 heterocycles. The van der Waals surface area contributed by atoms with Crippen LogP contribution in [0, 0.1) is 0 Å². The zero-order valence-electron chi connectivity index (χ0n) is 7.87. The third-order valence-electron chi connectivity index (χ3n) is 1.94. The Morgan fingerprint density at radius 3 is 2.18 bits per heavy atom. The first-order valence-corrected chi connectivity index (χ1v) is 4.26. The summed E-state index contributed by atoms with van der Waals surface area (Å²) in [5.41, 5.74) is 0. The van der Waals surface area contributed by atoms with Crippen molar-refractivity contribution in [2.24, 2.45) is 0 Å². The summed E-state index contributed by atoms with van der Waals surface area (Å²) in [6.45, 7) is 5.38. The molecule has 1 aliphatic rings. The quantitative estimate of drug-likeness (QED) is 0.448. The Morgan fingerprint density at radius 2 is 1.91 bits per heavy atom. The van der Waals surface area contributed by atoms with Crippen LogP contribution in [0.5, 0.6) is 0 Å². The van der Waals surface area contributed by atoms with Crippen LogP contribution < -0.4 is 0 Å². The maximum absolute atomic E-state index is 5.38. The average molecular weight is 158 g/mol. The minimum atomic E-state index is 0.338. The second-order valence-corrected chi connectivity index (χ2v) is 3.24. The predicted molar refractivity (Wildman–Crippen MR) is 45.0 cm³/mol. The summed E-state index contributed by atoms with van der Waals surface area (Å²) in [6.07, 6.45) is 1.93. The number of hydrogen-bond donors (Lipinski definition) is 0. The summed E-state index contributed by atoms with van der Waals surface area (Å²) in [6, 6.07) is 0. The van der Waals surface area contributed by atoms with Crippen molar-refractivity contribution in [1.29, 1.82) is 0 Å². The first-order chi connectivity index (χ1) is 5.16. The minimum absolute atomic E-state index is 0.338. The van der Waals surface area contributed by atoms with Crippen LogP contribution in [-0.2, 0) is 4.74 Å². The van der Waals surface area contributed by atoms with Crippen LogP contribution in [-0.4, -0.2) is 43.0 Å². The van der Waals surface area contributed by atoms with Crippen LogP contribution in [0.25, 0.3) is 0 Å². The number of nitrogens with zero attached hydrogens (tertiary/aromatic N) is 2. The predicted octanol–water partition coefficient (Wildman–Crippen LogP) is 0.920. The summed E-state index contributed by atoms with van der Waals surface area (Å²) in [5, 5.41) is 4.36. The fourth-order valence-electron chi connectivity index (χ4n) is 1.27. The van der Waals surface area contributed by atoms with Crippen molar-refractivity contribution >= 4 is 0 Å². The molecule has 0 aromatic rings. The molecule has 1 aliphatic heterocycles. The van der Waals surface area contributed by atoms with E-state index in [0.29, 0.717) is 12.3 Å². The van der Waals surface area contributed by atoms with Gasteiger partial charge in [-0.2, -0.15) is 0 Å². The van der Waals surface area contributed by atoms with Gasteiger partial charge in [0.2, 0.25) is 0 Å². The fraction of sp³-hybridized carbons (Fsp3) is 1.00. The molecule has 0 saturated carbocycles. The Hall–Kier alpha value is -0.120. The molecular formula is C8H18N2O. The van der Waals surface area contributed by atoms with Gasteiger partial charge in [0.05, 0.1) is 6.10 Å². The lowest BCUT2D eigenvalue weighted by atomic mass is 10.4. The van der Waals surface area contributed by atoms with Crippen LogP contribution >= 0.6 is 0 Å². The molecule has 2 unspecified atom stereocenters. The van der Waals surface area contributed by atoms with E-state index in [4.69, 9.17) is 4.74 Å². The molecule has 0 aliphatic carbocycles. The smallest absolute Gasteiger partial charge is 0.149 e. The van der Waals surface area contributed by atoms with E-state index in [1.54, 1.807) is 0 Å². The second-order valence-electron chi connectivity index (χ2n) is 3.24. The SMILES string of the molecule is CCCN(C1OC1C)N(C)C. The highest BCUT2D eigenvalue weighted by atomic mass is 16.6. The van der Waals surface area contributed by atoms with Crippen molar-refractivity contribution in [2.45, 2.75) is 32.6 Å². The topological polar surface area (TPSA) is 19.0 Å². The van der Waals surface area contributed by atoms with Gasteiger partial charge >= 0.3 is 0 Å². The van der Waals surface area contributed by atoms with Crippen molar-refractivity contribution in [3.05, 3.63) is 0 Å². The lowest BCUT2D eigenvalue weighted by Crippen LogP contribution is -2.40.